The number of rotatable bonds is 3. The molecule has 1 saturated heterocycles. The molecule has 0 aromatic carbocycles. The van der Waals surface area contributed by atoms with Gasteiger partial charge in [0.15, 0.2) is 0 Å². The van der Waals surface area contributed by atoms with Crippen molar-refractivity contribution in [2.45, 2.75) is 63.6 Å². The van der Waals surface area contributed by atoms with Crippen LogP contribution in [0.3, 0.4) is 0 Å². The molecule has 2 heteroatoms. The second-order valence-electron chi connectivity index (χ2n) is 5.89. The van der Waals surface area contributed by atoms with Gasteiger partial charge in [0, 0.05) is 31.2 Å². The first-order valence-electron chi connectivity index (χ1n) is 6.83. The molecule has 0 radical (unpaired) electrons. The predicted molar refractivity (Wildman–Crippen MR) is 62.9 cm³/mol. The Morgan fingerprint density at radius 3 is 2.60 bits per heavy atom. The molecule has 0 amide bonds. The fourth-order valence-corrected chi connectivity index (χ4v) is 3.39. The van der Waals surface area contributed by atoms with E-state index >= 15 is 0 Å². The summed E-state index contributed by atoms with van der Waals surface area (Å²) < 4.78 is 0. The van der Waals surface area contributed by atoms with Gasteiger partial charge in [0.05, 0.1) is 0 Å². The Morgan fingerprint density at radius 1 is 1.07 bits per heavy atom. The van der Waals surface area contributed by atoms with E-state index in [2.05, 4.69) is 17.1 Å². The van der Waals surface area contributed by atoms with Crippen LogP contribution in [0, 0.1) is 5.92 Å². The van der Waals surface area contributed by atoms with Gasteiger partial charge in [0.2, 0.25) is 0 Å². The fourth-order valence-electron chi connectivity index (χ4n) is 3.39. The summed E-state index contributed by atoms with van der Waals surface area (Å²) in [5.41, 5.74) is 0. The molecule has 3 unspecified atom stereocenters. The van der Waals surface area contributed by atoms with Crippen LogP contribution in [-0.4, -0.2) is 36.1 Å². The number of nitrogens with one attached hydrogen (secondary N) is 1. The highest BCUT2D eigenvalue weighted by Crippen LogP contribution is 2.31. The van der Waals surface area contributed by atoms with Crippen LogP contribution in [0.2, 0.25) is 0 Å². The summed E-state index contributed by atoms with van der Waals surface area (Å²) in [4.78, 5) is 2.71. The molecule has 1 aliphatic heterocycles. The Labute approximate surface area is 93.4 Å². The molecule has 1 N–H and O–H groups in total. The van der Waals surface area contributed by atoms with Crippen molar-refractivity contribution in [3.8, 4) is 0 Å². The lowest BCUT2D eigenvalue weighted by Crippen LogP contribution is -2.41. The summed E-state index contributed by atoms with van der Waals surface area (Å²) >= 11 is 0. The molecule has 2 nitrogen and oxygen atoms in total. The zero-order valence-corrected chi connectivity index (χ0v) is 9.91. The largest absolute Gasteiger partial charge is 0.310 e. The van der Waals surface area contributed by atoms with Crippen LogP contribution in [0.1, 0.15) is 45.4 Å². The van der Waals surface area contributed by atoms with E-state index in [1.54, 1.807) is 0 Å². The molecular formula is C13H24N2. The van der Waals surface area contributed by atoms with Gasteiger partial charge in [-0.15, -0.1) is 0 Å². The predicted octanol–water partition coefficient (Wildman–Crippen LogP) is 2.00. The molecule has 3 rings (SSSR count). The molecular weight excluding hydrogens is 184 g/mol. The summed E-state index contributed by atoms with van der Waals surface area (Å²) in [6.07, 6.45) is 8.62. The Kier molecular flexibility index (Phi) is 2.73. The highest BCUT2D eigenvalue weighted by molar-refractivity contribution is 4.94. The molecule has 0 aromatic heterocycles. The highest BCUT2D eigenvalue weighted by atomic mass is 15.2. The van der Waals surface area contributed by atoms with E-state index < -0.39 is 0 Å². The topological polar surface area (TPSA) is 15.3 Å². The first kappa shape index (κ1) is 10.1. The standard InChI is InChI=1S/C13H24N2/c1-10-3-2-4-13(10)14-11-7-8-15(9-11)12-5-6-12/h10-14H,2-9H2,1H3. The number of hydrogen-bond donors (Lipinski definition) is 1. The van der Waals surface area contributed by atoms with Gasteiger partial charge >= 0.3 is 0 Å². The van der Waals surface area contributed by atoms with Crippen LogP contribution in [0.25, 0.3) is 0 Å². The van der Waals surface area contributed by atoms with Crippen molar-refractivity contribution in [3.05, 3.63) is 0 Å². The third kappa shape index (κ3) is 2.21. The molecule has 3 atom stereocenters. The Bertz CT molecular complexity index is 225. The van der Waals surface area contributed by atoms with Crippen molar-refractivity contribution >= 4 is 0 Å². The highest BCUT2D eigenvalue weighted by Gasteiger charge is 2.35. The quantitative estimate of drug-likeness (QED) is 0.763. The van der Waals surface area contributed by atoms with Gasteiger partial charge in [-0.2, -0.15) is 0 Å². The van der Waals surface area contributed by atoms with Crippen LogP contribution in [-0.2, 0) is 0 Å². The minimum Gasteiger partial charge on any atom is -0.310 e. The lowest BCUT2D eigenvalue weighted by molar-refractivity contribution is 0.305. The number of hydrogen-bond acceptors (Lipinski definition) is 2. The van der Waals surface area contributed by atoms with Gasteiger partial charge in [-0.3, -0.25) is 4.90 Å². The molecule has 1 heterocycles. The smallest absolute Gasteiger partial charge is 0.0210 e. The maximum Gasteiger partial charge on any atom is 0.0210 e. The Morgan fingerprint density at radius 2 is 1.93 bits per heavy atom. The Balaban J connectivity index is 1.47. The van der Waals surface area contributed by atoms with Gasteiger partial charge in [0.25, 0.3) is 0 Å². The molecule has 2 saturated carbocycles. The third-order valence-corrected chi connectivity index (χ3v) is 4.59. The molecule has 2 aliphatic carbocycles. The SMILES string of the molecule is CC1CCCC1NC1CCN(C2CC2)C1. The second-order valence-corrected chi connectivity index (χ2v) is 5.89. The van der Waals surface area contributed by atoms with Crippen LogP contribution >= 0.6 is 0 Å². The van der Waals surface area contributed by atoms with E-state index in [4.69, 9.17) is 0 Å². The maximum absolute atomic E-state index is 3.90. The summed E-state index contributed by atoms with van der Waals surface area (Å²) in [6, 6.07) is 2.60. The first-order chi connectivity index (χ1) is 7.33. The van der Waals surface area contributed by atoms with Crippen LogP contribution in [0.4, 0.5) is 0 Å². The number of likely N-dealkylation sites (tertiary alicyclic amines) is 1. The molecule has 0 aromatic rings. The Hall–Kier alpha value is -0.0800. The summed E-state index contributed by atoms with van der Waals surface area (Å²) in [5.74, 6) is 0.917. The van der Waals surface area contributed by atoms with Gasteiger partial charge < -0.3 is 5.32 Å². The van der Waals surface area contributed by atoms with Gasteiger partial charge in [-0.25, -0.2) is 0 Å². The van der Waals surface area contributed by atoms with E-state index in [0.29, 0.717) is 0 Å². The summed E-state index contributed by atoms with van der Waals surface area (Å²) in [7, 11) is 0. The van der Waals surface area contributed by atoms with Gasteiger partial charge in [-0.1, -0.05) is 13.3 Å². The van der Waals surface area contributed by atoms with Crippen molar-refractivity contribution in [2.75, 3.05) is 13.1 Å². The van der Waals surface area contributed by atoms with Crippen molar-refractivity contribution < 1.29 is 0 Å². The maximum atomic E-state index is 3.90. The van der Waals surface area contributed by atoms with Crippen LogP contribution in [0.15, 0.2) is 0 Å². The summed E-state index contributed by atoms with van der Waals surface area (Å²) in [5, 5.41) is 3.90. The fraction of sp³-hybridized carbons (Fsp3) is 1.00. The first-order valence-corrected chi connectivity index (χ1v) is 6.83. The lowest BCUT2D eigenvalue weighted by Gasteiger charge is -2.22. The number of nitrogens with zero attached hydrogens (tertiary/aromatic N) is 1. The van der Waals surface area contributed by atoms with E-state index in [1.807, 2.05) is 0 Å². The zero-order valence-electron chi connectivity index (χ0n) is 9.91. The van der Waals surface area contributed by atoms with Crippen LogP contribution < -0.4 is 5.32 Å². The van der Waals surface area contributed by atoms with Crippen molar-refractivity contribution in [3.63, 3.8) is 0 Å². The minimum absolute atomic E-state index is 0.802. The van der Waals surface area contributed by atoms with E-state index in [-0.39, 0.29) is 0 Å². The minimum atomic E-state index is 0.802. The average molecular weight is 208 g/mol. The lowest BCUT2D eigenvalue weighted by atomic mass is 10.1. The monoisotopic (exact) mass is 208 g/mol. The zero-order chi connectivity index (χ0) is 10.3. The van der Waals surface area contributed by atoms with Gasteiger partial charge in [-0.05, 0) is 38.0 Å². The van der Waals surface area contributed by atoms with Gasteiger partial charge in [0.1, 0.15) is 0 Å². The van der Waals surface area contributed by atoms with E-state index in [9.17, 15) is 0 Å². The van der Waals surface area contributed by atoms with E-state index in [1.165, 1.54) is 51.6 Å². The van der Waals surface area contributed by atoms with Crippen LogP contribution in [0.5, 0.6) is 0 Å². The molecule has 86 valence electrons. The van der Waals surface area contributed by atoms with Crippen molar-refractivity contribution in [2.24, 2.45) is 5.92 Å². The average Bonchev–Trinajstić information content (AvgIpc) is 2.86. The second kappa shape index (κ2) is 4.06. The third-order valence-electron chi connectivity index (χ3n) is 4.59. The molecule has 0 bridgehead atoms. The van der Waals surface area contributed by atoms with Crippen molar-refractivity contribution in [1.29, 1.82) is 0 Å². The normalized spacial score (nSPS) is 42.6. The molecule has 15 heavy (non-hydrogen) atoms. The van der Waals surface area contributed by atoms with Crippen molar-refractivity contribution in [1.82, 2.24) is 10.2 Å². The summed E-state index contributed by atoms with van der Waals surface area (Å²) in [6.45, 7) is 5.09. The molecule has 3 aliphatic rings. The van der Waals surface area contributed by atoms with E-state index in [0.717, 1.165) is 24.0 Å². The molecule has 0 spiro atoms. The molecule has 3 fully saturated rings.